The molecule has 1 saturated carbocycles. The molecule has 1 unspecified atom stereocenters. The maximum absolute atomic E-state index is 12.7. The van der Waals surface area contributed by atoms with Crippen LogP contribution < -0.4 is 5.32 Å². The molecule has 2 aliphatic rings. The van der Waals surface area contributed by atoms with E-state index in [1.54, 1.807) is 0 Å². The molecule has 5 nitrogen and oxygen atoms in total. The summed E-state index contributed by atoms with van der Waals surface area (Å²) in [6, 6.07) is 0. The molecule has 120 valence electrons. The Morgan fingerprint density at radius 1 is 1.38 bits per heavy atom. The molecule has 0 radical (unpaired) electrons. The first kappa shape index (κ1) is 16.3. The van der Waals surface area contributed by atoms with Crippen LogP contribution in [0.3, 0.4) is 0 Å². The van der Waals surface area contributed by atoms with Crippen molar-refractivity contribution in [2.24, 2.45) is 11.8 Å². The van der Waals surface area contributed by atoms with Crippen molar-refractivity contribution in [2.45, 2.75) is 52.0 Å². The first-order valence-electron chi connectivity index (χ1n) is 8.11. The third-order valence-corrected chi connectivity index (χ3v) is 4.30. The molecule has 1 heterocycles. The van der Waals surface area contributed by atoms with Crippen LogP contribution in [-0.2, 0) is 14.3 Å². The number of carbonyl (C=O) groups is 2. The van der Waals surface area contributed by atoms with Crippen LogP contribution >= 0.6 is 0 Å². The molecule has 1 saturated heterocycles. The van der Waals surface area contributed by atoms with Crippen molar-refractivity contribution in [1.82, 2.24) is 10.2 Å². The molecular weight excluding hydrogens is 268 g/mol. The molecule has 1 aliphatic carbocycles. The van der Waals surface area contributed by atoms with Crippen LogP contribution in [0.4, 0.5) is 0 Å². The van der Waals surface area contributed by atoms with E-state index in [0.717, 1.165) is 25.9 Å². The fourth-order valence-electron chi connectivity index (χ4n) is 2.90. The van der Waals surface area contributed by atoms with Gasteiger partial charge in [-0.05, 0) is 38.0 Å². The maximum Gasteiger partial charge on any atom is 0.248 e. The summed E-state index contributed by atoms with van der Waals surface area (Å²) in [5, 5.41) is 2.95. The van der Waals surface area contributed by atoms with E-state index < -0.39 is 5.54 Å². The van der Waals surface area contributed by atoms with Crippen LogP contribution in [0.5, 0.6) is 0 Å². The molecule has 0 bridgehead atoms. The van der Waals surface area contributed by atoms with Crippen molar-refractivity contribution in [1.29, 1.82) is 0 Å². The minimum atomic E-state index is -0.688. The van der Waals surface area contributed by atoms with E-state index >= 15 is 0 Å². The van der Waals surface area contributed by atoms with Gasteiger partial charge in [-0.3, -0.25) is 9.59 Å². The van der Waals surface area contributed by atoms with E-state index in [1.165, 1.54) is 0 Å². The summed E-state index contributed by atoms with van der Waals surface area (Å²) in [4.78, 5) is 26.4. The van der Waals surface area contributed by atoms with Crippen molar-refractivity contribution >= 4 is 11.8 Å². The fourth-order valence-corrected chi connectivity index (χ4v) is 2.90. The Labute approximate surface area is 127 Å². The van der Waals surface area contributed by atoms with Crippen LogP contribution in [0, 0.1) is 11.8 Å². The van der Waals surface area contributed by atoms with Gasteiger partial charge >= 0.3 is 0 Å². The summed E-state index contributed by atoms with van der Waals surface area (Å²) in [6.07, 6.45) is 3.30. The van der Waals surface area contributed by atoms with Gasteiger partial charge in [-0.15, -0.1) is 0 Å². The molecule has 0 aromatic heterocycles. The average molecular weight is 296 g/mol. The Bertz CT molecular complexity index is 393. The largest absolute Gasteiger partial charge is 0.381 e. The minimum Gasteiger partial charge on any atom is -0.381 e. The first-order chi connectivity index (χ1) is 9.93. The highest BCUT2D eigenvalue weighted by Crippen LogP contribution is 2.41. The summed E-state index contributed by atoms with van der Waals surface area (Å²) < 4.78 is 5.56. The minimum absolute atomic E-state index is 0.00342. The third-order valence-electron chi connectivity index (χ3n) is 4.30. The van der Waals surface area contributed by atoms with E-state index in [9.17, 15) is 9.59 Å². The van der Waals surface area contributed by atoms with Crippen LogP contribution in [0.1, 0.15) is 46.5 Å². The Hall–Kier alpha value is -1.10. The fraction of sp³-hybridized carbons (Fsp3) is 0.875. The highest BCUT2D eigenvalue weighted by molar-refractivity contribution is 5.93. The number of hydrogen-bond acceptors (Lipinski definition) is 3. The molecule has 2 rings (SSSR count). The first-order valence-corrected chi connectivity index (χ1v) is 8.11. The summed E-state index contributed by atoms with van der Waals surface area (Å²) >= 11 is 0. The molecule has 0 spiro atoms. The van der Waals surface area contributed by atoms with Crippen LogP contribution in [0.2, 0.25) is 0 Å². The zero-order valence-corrected chi connectivity index (χ0v) is 13.5. The van der Waals surface area contributed by atoms with Gasteiger partial charge in [0.15, 0.2) is 0 Å². The predicted molar refractivity (Wildman–Crippen MR) is 80.7 cm³/mol. The van der Waals surface area contributed by atoms with Crippen molar-refractivity contribution in [2.75, 3.05) is 26.3 Å². The highest BCUT2D eigenvalue weighted by Gasteiger charge is 2.50. The standard InChI is InChI=1S/C16H28N2O3/c1-12(2)11-21-10-4-8-18-9-7-14(19)17-16(3,15(18)20)13-5-6-13/h12-13H,4-11H2,1-3H3,(H,17,19). The molecule has 5 heteroatoms. The zero-order chi connectivity index (χ0) is 15.5. The van der Waals surface area contributed by atoms with Gasteiger partial charge in [0, 0.05) is 32.7 Å². The number of nitrogens with one attached hydrogen (secondary N) is 1. The van der Waals surface area contributed by atoms with Gasteiger partial charge in [-0.1, -0.05) is 13.8 Å². The number of rotatable bonds is 7. The molecule has 1 atom stereocenters. The van der Waals surface area contributed by atoms with Crippen LogP contribution in [0.15, 0.2) is 0 Å². The van der Waals surface area contributed by atoms with Crippen molar-refractivity contribution in [3.8, 4) is 0 Å². The second-order valence-corrected chi connectivity index (χ2v) is 6.89. The topological polar surface area (TPSA) is 58.6 Å². The number of amides is 2. The van der Waals surface area contributed by atoms with E-state index in [-0.39, 0.29) is 11.8 Å². The third kappa shape index (κ3) is 4.19. The summed E-state index contributed by atoms with van der Waals surface area (Å²) in [6.45, 7) is 8.76. The lowest BCUT2D eigenvalue weighted by molar-refractivity contribution is -0.139. The number of carbonyl (C=O) groups excluding carboxylic acids is 2. The Balaban J connectivity index is 1.86. The van der Waals surface area contributed by atoms with E-state index in [2.05, 4.69) is 19.2 Å². The molecule has 0 aromatic carbocycles. The number of ether oxygens (including phenoxy) is 1. The van der Waals surface area contributed by atoms with Gasteiger partial charge in [-0.2, -0.15) is 0 Å². The normalized spacial score (nSPS) is 27.0. The lowest BCUT2D eigenvalue weighted by atomic mass is 9.94. The maximum atomic E-state index is 12.7. The predicted octanol–water partition coefficient (Wildman–Crippen LogP) is 1.57. The molecule has 1 aliphatic heterocycles. The van der Waals surface area contributed by atoms with Gasteiger partial charge in [-0.25, -0.2) is 0 Å². The number of hydrogen-bond donors (Lipinski definition) is 1. The average Bonchev–Trinajstić information content (AvgIpc) is 3.24. The van der Waals surface area contributed by atoms with Gasteiger partial charge in [0.2, 0.25) is 11.8 Å². The zero-order valence-electron chi connectivity index (χ0n) is 13.5. The monoisotopic (exact) mass is 296 g/mol. The van der Waals surface area contributed by atoms with Gasteiger partial charge in [0.05, 0.1) is 0 Å². The summed E-state index contributed by atoms with van der Waals surface area (Å²) in [7, 11) is 0. The summed E-state index contributed by atoms with van der Waals surface area (Å²) in [5.41, 5.74) is -0.688. The highest BCUT2D eigenvalue weighted by atomic mass is 16.5. The van der Waals surface area contributed by atoms with E-state index in [0.29, 0.717) is 38.0 Å². The Morgan fingerprint density at radius 3 is 2.71 bits per heavy atom. The lowest BCUT2D eigenvalue weighted by Gasteiger charge is -2.32. The SMILES string of the molecule is CC(C)COCCCN1CCC(=O)NC(C)(C2CC2)C1=O. The number of nitrogens with zero attached hydrogens (tertiary/aromatic N) is 1. The Morgan fingerprint density at radius 2 is 2.10 bits per heavy atom. The molecule has 2 fully saturated rings. The molecule has 2 amide bonds. The lowest BCUT2D eigenvalue weighted by Crippen LogP contribution is -2.56. The second kappa shape index (κ2) is 6.77. The van der Waals surface area contributed by atoms with Crippen molar-refractivity contribution < 1.29 is 14.3 Å². The second-order valence-electron chi connectivity index (χ2n) is 6.89. The summed E-state index contributed by atoms with van der Waals surface area (Å²) in [5.74, 6) is 0.924. The molecule has 1 N–H and O–H groups in total. The van der Waals surface area contributed by atoms with Crippen molar-refractivity contribution in [3.05, 3.63) is 0 Å². The van der Waals surface area contributed by atoms with E-state index in [1.807, 2.05) is 11.8 Å². The van der Waals surface area contributed by atoms with Crippen LogP contribution in [0.25, 0.3) is 0 Å². The van der Waals surface area contributed by atoms with Crippen LogP contribution in [-0.4, -0.2) is 48.6 Å². The van der Waals surface area contributed by atoms with Gasteiger partial charge in [0.25, 0.3) is 0 Å². The quantitative estimate of drug-likeness (QED) is 0.725. The molecule has 0 aromatic rings. The van der Waals surface area contributed by atoms with E-state index in [4.69, 9.17) is 4.74 Å². The molecule has 21 heavy (non-hydrogen) atoms. The van der Waals surface area contributed by atoms with Gasteiger partial charge in [0.1, 0.15) is 5.54 Å². The van der Waals surface area contributed by atoms with Gasteiger partial charge < -0.3 is 15.0 Å². The molecular formula is C16H28N2O3. The smallest absolute Gasteiger partial charge is 0.248 e. The Kier molecular flexibility index (Phi) is 5.25. The van der Waals surface area contributed by atoms with Crippen molar-refractivity contribution in [3.63, 3.8) is 0 Å².